The van der Waals surface area contributed by atoms with Crippen LogP contribution in [0.15, 0.2) is 30.3 Å². The fourth-order valence-corrected chi connectivity index (χ4v) is 3.66. The van der Waals surface area contributed by atoms with E-state index in [1.165, 1.54) is 28.2 Å². The van der Waals surface area contributed by atoms with Crippen molar-refractivity contribution in [3.8, 4) is 0 Å². The molecule has 0 spiro atoms. The molecule has 5 heteroatoms. The molecular weight excluding hydrogens is 284 g/mol. The van der Waals surface area contributed by atoms with Gasteiger partial charge in [-0.2, -0.15) is 0 Å². The second-order valence-corrected chi connectivity index (χ2v) is 6.27. The molecule has 0 unspecified atom stereocenters. The predicted molar refractivity (Wildman–Crippen MR) is 82.5 cm³/mol. The van der Waals surface area contributed by atoms with Gasteiger partial charge in [-0.3, -0.25) is 20.4 Å². The number of hydrazine groups is 1. The highest BCUT2D eigenvalue weighted by molar-refractivity contribution is 7.14. The summed E-state index contributed by atoms with van der Waals surface area (Å²) in [5.41, 5.74) is 7.67. The Morgan fingerprint density at radius 2 is 1.86 bits per heavy atom. The summed E-state index contributed by atoms with van der Waals surface area (Å²) in [4.78, 5) is 26.0. The fourth-order valence-electron chi connectivity index (χ4n) is 2.51. The van der Waals surface area contributed by atoms with Crippen LogP contribution < -0.4 is 10.9 Å². The molecule has 1 aliphatic rings. The fraction of sp³-hybridized carbons (Fsp3) is 0.250. The number of hydrogen-bond donors (Lipinski definition) is 2. The third-order valence-electron chi connectivity index (χ3n) is 3.65. The predicted octanol–water partition coefficient (Wildman–Crippen LogP) is 2.62. The molecule has 2 amide bonds. The summed E-state index contributed by atoms with van der Waals surface area (Å²) < 4.78 is 0. The van der Waals surface area contributed by atoms with Gasteiger partial charge in [-0.1, -0.05) is 18.2 Å². The molecule has 0 aliphatic heterocycles. The summed E-state index contributed by atoms with van der Waals surface area (Å²) in [5.74, 6) is -0.554. The third-order valence-corrected chi connectivity index (χ3v) is 4.89. The van der Waals surface area contributed by atoms with Crippen molar-refractivity contribution in [2.45, 2.75) is 26.2 Å². The number of benzene rings is 1. The van der Waals surface area contributed by atoms with Crippen molar-refractivity contribution in [1.82, 2.24) is 10.9 Å². The van der Waals surface area contributed by atoms with E-state index in [0.717, 1.165) is 18.4 Å². The van der Waals surface area contributed by atoms with Crippen LogP contribution in [0.25, 0.3) is 0 Å². The van der Waals surface area contributed by atoms with Crippen molar-refractivity contribution in [1.29, 1.82) is 0 Å². The molecule has 0 atom stereocenters. The number of rotatable bonds is 2. The first-order valence-electron chi connectivity index (χ1n) is 6.93. The Hall–Kier alpha value is -2.14. The van der Waals surface area contributed by atoms with Crippen LogP contribution in [0.1, 0.15) is 42.5 Å². The van der Waals surface area contributed by atoms with Crippen LogP contribution in [-0.4, -0.2) is 11.8 Å². The molecule has 0 saturated carbocycles. The molecule has 0 fully saturated rings. The van der Waals surface area contributed by atoms with Gasteiger partial charge < -0.3 is 0 Å². The Labute approximate surface area is 127 Å². The van der Waals surface area contributed by atoms with Crippen LogP contribution in [0.5, 0.6) is 0 Å². The minimum atomic E-state index is -0.300. The Kier molecular flexibility index (Phi) is 3.75. The standard InChI is InChI=1S/C16H16N2O2S/c1-10-5-2-3-7-12(10)15(19)17-18-16(20)14-9-11-6-4-8-13(11)21-14/h2-3,5,7,9H,4,6,8H2,1H3,(H,17,19)(H,18,20). The Balaban J connectivity index is 1.63. The molecule has 0 radical (unpaired) electrons. The number of hydrogen-bond acceptors (Lipinski definition) is 3. The van der Waals surface area contributed by atoms with Crippen molar-refractivity contribution in [2.24, 2.45) is 0 Å². The molecular formula is C16H16N2O2S. The first-order valence-corrected chi connectivity index (χ1v) is 7.74. The van der Waals surface area contributed by atoms with Gasteiger partial charge in [-0.05, 0) is 49.4 Å². The van der Waals surface area contributed by atoms with Crippen LogP contribution in [0.3, 0.4) is 0 Å². The maximum atomic E-state index is 12.1. The third kappa shape index (κ3) is 2.83. The van der Waals surface area contributed by atoms with E-state index in [-0.39, 0.29) is 11.8 Å². The largest absolute Gasteiger partial charge is 0.279 e. The van der Waals surface area contributed by atoms with E-state index < -0.39 is 0 Å². The lowest BCUT2D eigenvalue weighted by atomic mass is 10.1. The minimum Gasteiger partial charge on any atom is -0.267 e. The number of nitrogens with one attached hydrogen (secondary N) is 2. The highest BCUT2D eigenvalue weighted by Crippen LogP contribution is 2.30. The van der Waals surface area contributed by atoms with E-state index in [2.05, 4.69) is 10.9 Å². The zero-order valence-corrected chi connectivity index (χ0v) is 12.5. The van der Waals surface area contributed by atoms with Gasteiger partial charge in [0.05, 0.1) is 4.88 Å². The Morgan fingerprint density at radius 1 is 1.10 bits per heavy atom. The highest BCUT2D eigenvalue weighted by atomic mass is 32.1. The average molecular weight is 300 g/mol. The quantitative estimate of drug-likeness (QED) is 0.838. The van der Waals surface area contributed by atoms with E-state index in [1.54, 1.807) is 12.1 Å². The van der Waals surface area contributed by atoms with Crippen LogP contribution in [-0.2, 0) is 12.8 Å². The van der Waals surface area contributed by atoms with Gasteiger partial charge in [-0.25, -0.2) is 0 Å². The summed E-state index contributed by atoms with van der Waals surface area (Å²) in [5, 5.41) is 0. The topological polar surface area (TPSA) is 58.2 Å². The lowest BCUT2D eigenvalue weighted by molar-refractivity contribution is 0.0848. The highest BCUT2D eigenvalue weighted by Gasteiger charge is 2.19. The van der Waals surface area contributed by atoms with Gasteiger partial charge in [-0.15, -0.1) is 11.3 Å². The summed E-state index contributed by atoms with van der Waals surface area (Å²) in [7, 11) is 0. The van der Waals surface area contributed by atoms with Crippen molar-refractivity contribution >= 4 is 23.2 Å². The monoisotopic (exact) mass is 300 g/mol. The van der Waals surface area contributed by atoms with Crippen LogP contribution in [0.4, 0.5) is 0 Å². The normalized spacial score (nSPS) is 12.8. The molecule has 2 N–H and O–H groups in total. The SMILES string of the molecule is Cc1ccccc1C(=O)NNC(=O)c1cc2c(s1)CCC2. The minimum absolute atomic E-state index is 0.253. The lowest BCUT2D eigenvalue weighted by Crippen LogP contribution is -2.41. The van der Waals surface area contributed by atoms with Crippen molar-refractivity contribution < 1.29 is 9.59 Å². The zero-order valence-electron chi connectivity index (χ0n) is 11.7. The number of carbonyl (C=O) groups excluding carboxylic acids is 2. The summed E-state index contributed by atoms with van der Waals surface area (Å²) in [6.45, 7) is 1.86. The lowest BCUT2D eigenvalue weighted by Gasteiger charge is -2.08. The molecule has 21 heavy (non-hydrogen) atoms. The molecule has 1 heterocycles. The summed E-state index contributed by atoms with van der Waals surface area (Å²) in [6, 6.07) is 9.20. The number of aryl methyl sites for hydroxylation is 3. The number of fused-ring (bicyclic) bond motifs is 1. The molecule has 3 rings (SSSR count). The van der Waals surface area contributed by atoms with Crippen molar-refractivity contribution in [2.75, 3.05) is 0 Å². The van der Waals surface area contributed by atoms with Gasteiger partial charge >= 0.3 is 0 Å². The Morgan fingerprint density at radius 3 is 2.62 bits per heavy atom. The first kappa shape index (κ1) is 13.8. The van der Waals surface area contributed by atoms with Crippen molar-refractivity contribution in [3.63, 3.8) is 0 Å². The van der Waals surface area contributed by atoms with Crippen LogP contribution in [0.2, 0.25) is 0 Å². The number of amides is 2. The van der Waals surface area contributed by atoms with Crippen molar-refractivity contribution in [3.05, 3.63) is 56.8 Å². The van der Waals surface area contributed by atoms with E-state index in [1.807, 2.05) is 25.1 Å². The number of thiophene rings is 1. The smallest absolute Gasteiger partial charge is 0.267 e. The molecule has 108 valence electrons. The van der Waals surface area contributed by atoms with Gasteiger partial charge in [0.15, 0.2) is 0 Å². The van der Waals surface area contributed by atoms with Crippen LogP contribution in [0, 0.1) is 6.92 Å². The molecule has 4 nitrogen and oxygen atoms in total. The van der Waals surface area contributed by atoms with E-state index in [9.17, 15) is 9.59 Å². The average Bonchev–Trinajstić information content (AvgIpc) is 3.06. The molecule has 1 aromatic carbocycles. The maximum Gasteiger partial charge on any atom is 0.279 e. The summed E-state index contributed by atoms with van der Waals surface area (Å²) >= 11 is 1.52. The molecule has 0 saturated heterocycles. The molecule has 1 aromatic heterocycles. The van der Waals surface area contributed by atoms with Gasteiger partial charge in [0.1, 0.15) is 0 Å². The second kappa shape index (κ2) is 5.69. The summed E-state index contributed by atoms with van der Waals surface area (Å²) in [6.07, 6.45) is 3.28. The van der Waals surface area contributed by atoms with Crippen LogP contribution >= 0.6 is 11.3 Å². The molecule has 2 aromatic rings. The van der Waals surface area contributed by atoms with Gasteiger partial charge in [0.2, 0.25) is 0 Å². The van der Waals surface area contributed by atoms with Gasteiger partial charge in [0, 0.05) is 10.4 Å². The van der Waals surface area contributed by atoms with E-state index in [4.69, 9.17) is 0 Å². The van der Waals surface area contributed by atoms with E-state index >= 15 is 0 Å². The van der Waals surface area contributed by atoms with E-state index in [0.29, 0.717) is 10.4 Å². The molecule has 0 bridgehead atoms. The second-order valence-electron chi connectivity index (χ2n) is 5.14. The van der Waals surface area contributed by atoms with Gasteiger partial charge in [0.25, 0.3) is 11.8 Å². The maximum absolute atomic E-state index is 12.1. The number of carbonyl (C=O) groups is 2. The zero-order chi connectivity index (χ0) is 14.8. The molecule has 1 aliphatic carbocycles. The Bertz CT molecular complexity index is 685. The first-order chi connectivity index (χ1) is 10.1.